The van der Waals surface area contributed by atoms with E-state index in [2.05, 4.69) is 4.98 Å². The molecular formula is C12H15N3O6. The molecule has 0 radical (unpaired) electrons. The summed E-state index contributed by atoms with van der Waals surface area (Å²) in [7, 11) is 1.35. The molecule has 0 fully saturated rings. The summed E-state index contributed by atoms with van der Waals surface area (Å²) < 4.78 is 4.76. The molecular weight excluding hydrogens is 282 g/mol. The van der Waals surface area contributed by atoms with Gasteiger partial charge < -0.3 is 14.7 Å². The topological polar surface area (TPSA) is 123 Å². The van der Waals surface area contributed by atoms with Crippen LogP contribution in [0.4, 0.5) is 11.5 Å². The van der Waals surface area contributed by atoms with Gasteiger partial charge in [-0.3, -0.25) is 10.1 Å². The van der Waals surface area contributed by atoms with E-state index in [1.807, 2.05) is 0 Å². The van der Waals surface area contributed by atoms with Crippen LogP contribution < -0.4 is 4.90 Å². The number of hydrogen-bond acceptors (Lipinski definition) is 7. The predicted molar refractivity (Wildman–Crippen MR) is 72.3 cm³/mol. The Morgan fingerprint density at radius 3 is 2.67 bits per heavy atom. The first-order chi connectivity index (χ1) is 9.81. The lowest BCUT2D eigenvalue weighted by Gasteiger charge is -2.22. The second-order valence-corrected chi connectivity index (χ2v) is 4.13. The number of hydrogen-bond donors (Lipinski definition) is 1. The third-order valence-corrected chi connectivity index (χ3v) is 2.86. The van der Waals surface area contributed by atoms with Crippen molar-refractivity contribution in [3.05, 3.63) is 27.9 Å². The van der Waals surface area contributed by atoms with E-state index in [-0.39, 0.29) is 18.0 Å². The fourth-order valence-electron chi connectivity index (χ4n) is 1.60. The highest BCUT2D eigenvalue weighted by Gasteiger charge is 2.31. The maximum absolute atomic E-state index is 11.8. The SMILES string of the molecule is CCOC(=O)c1ccnc(N(C)C(C)C(=O)O)c1[N+](=O)[O-]. The number of nitro groups is 1. The van der Waals surface area contributed by atoms with Crippen LogP contribution in [0.1, 0.15) is 24.2 Å². The highest BCUT2D eigenvalue weighted by atomic mass is 16.6. The van der Waals surface area contributed by atoms with Gasteiger partial charge in [-0.05, 0) is 19.9 Å². The largest absolute Gasteiger partial charge is 0.480 e. The number of anilines is 1. The Morgan fingerprint density at radius 1 is 1.57 bits per heavy atom. The zero-order chi connectivity index (χ0) is 16.2. The van der Waals surface area contributed by atoms with Gasteiger partial charge in [-0.2, -0.15) is 0 Å². The molecule has 0 amide bonds. The summed E-state index contributed by atoms with van der Waals surface area (Å²) in [5.74, 6) is -2.24. The molecule has 1 rings (SSSR count). The molecule has 21 heavy (non-hydrogen) atoms. The third kappa shape index (κ3) is 3.44. The number of esters is 1. The van der Waals surface area contributed by atoms with E-state index < -0.39 is 28.6 Å². The van der Waals surface area contributed by atoms with Crippen LogP contribution >= 0.6 is 0 Å². The van der Waals surface area contributed by atoms with Gasteiger partial charge in [0.2, 0.25) is 5.82 Å². The van der Waals surface area contributed by atoms with E-state index in [4.69, 9.17) is 9.84 Å². The number of pyridine rings is 1. The molecule has 0 spiro atoms. The summed E-state index contributed by atoms with van der Waals surface area (Å²) in [6.45, 7) is 2.99. The first-order valence-electron chi connectivity index (χ1n) is 6.07. The first-order valence-corrected chi connectivity index (χ1v) is 6.07. The molecule has 0 saturated carbocycles. The van der Waals surface area contributed by atoms with Gasteiger partial charge in [0, 0.05) is 13.2 Å². The molecule has 1 aromatic rings. The Labute approximate surface area is 120 Å². The smallest absolute Gasteiger partial charge is 0.345 e. The monoisotopic (exact) mass is 297 g/mol. The van der Waals surface area contributed by atoms with Crippen molar-refractivity contribution in [2.75, 3.05) is 18.6 Å². The summed E-state index contributed by atoms with van der Waals surface area (Å²) in [6, 6.07) is 0.118. The fourth-order valence-corrected chi connectivity index (χ4v) is 1.60. The van der Waals surface area contributed by atoms with Crippen LogP contribution in [0, 0.1) is 10.1 Å². The number of ether oxygens (including phenoxy) is 1. The maximum Gasteiger partial charge on any atom is 0.345 e. The van der Waals surface area contributed by atoms with Crippen LogP contribution in [-0.2, 0) is 9.53 Å². The van der Waals surface area contributed by atoms with E-state index in [0.29, 0.717) is 0 Å². The average Bonchev–Trinajstić information content (AvgIpc) is 2.44. The zero-order valence-corrected chi connectivity index (χ0v) is 11.8. The maximum atomic E-state index is 11.8. The molecule has 9 heteroatoms. The highest BCUT2D eigenvalue weighted by molar-refractivity contribution is 5.96. The molecule has 1 unspecified atom stereocenters. The minimum atomic E-state index is -1.17. The molecule has 0 aliphatic carbocycles. The normalized spacial score (nSPS) is 11.6. The number of aliphatic carboxylic acids is 1. The Hall–Kier alpha value is -2.71. The van der Waals surface area contributed by atoms with Crippen LogP contribution in [0.15, 0.2) is 12.3 Å². The van der Waals surface area contributed by atoms with Gasteiger partial charge in [0.25, 0.3) is 0 Å². The van der Waals surface area contributed by atoms with Crippen LogP contribution in [0.25, 0.3) is 0 Å². The van der Waals surface area contributed by atoms with E-state index >= 15 is 0 Å². The number of carbonyl (C=O) groups is 2. The third-order valence-electron chi connectivity index (χ3n) is 2.86. The van der Waals surface area contributed by atoms with Gasteiger partial charge in [-0.1, -0.05) is 0 Å². The van der Waals surface area contributed by atoms with Gasteiger partial charge in [-0.25, -0.2) is 14.6 Å². The van der Waals surface area contributed by atoms with Crippen molar-refractivity contribution in [1.29, 1.82) is 0 Å². The predicted octanol–water partition coefficient (Wildman–Crippen LogP) is 1.08. The number of rotatable bonds is 6. The Kier molecular flexibility index (Phi) is 5.17. The summed E-state index contributed by atoms with van der Waals surface area (Å²) in [6.07, 6.45) is 1.19. The van der Waals surface area contributed by atoms with Crippen molar-refractivity contribution >= 4 is 23.4 Å². The van der Waals surface area contributed by atoms with Gasteiger partial charge >= 0.3 is 17.6 Å². The van der Waals surface area contributed by atoms with Crippen molar-refractivity contribution in [3.63, 3.8) is 0 Å². The van der Waals surface area contributed by atoms with Crippen LogP contribution in [0.5, 0.6) is 0 Å². The fraction of sp³-hybridized carbons (Fsp3) is 0.417. The lowest BCUT2D eigenvalue weighted by atomic mass is 10.2. The van der Waals surface area contributed by atoms with Crippen molar-refractivity contribution in [2.45, 2.75) is 19.9 Å². The molecule has 1 N–H and O–H groups in total. The first kappa shape index (κ1) is 16.3. The zero-order valence-electron chi connectivity index (χ0n) is 11.8. The number of aromatic nitrogens is 1. The lowest BCUT2D eigenvalue weighted by molar-refractivity contribution is -0.384. The molecule has 9 nitrogen and oxygen atoms in total. The Balaban J connectivity index is 3.40. The number of likely N-dealkylation sites (N-methyl/N-ethyl adjacent to an activating group) is 1. The van der Waals surface area contributed by atoms with E-state index in [9.17, 15) is 19.7 Å². The van der Waals surface area contributed by atoms with E-state index in [0.717, 1.165) is 4.90 Å². The molecule has 0 saturated heterocycles. The second kappa shape index (κ2) is 6.64. The van der Waals surface area contributed by atoms with E-state index in [1.54, 1.807) is 6.92 Å². The minimum Gasteiger partial charge on any atom is -0.480 e. The van der Waals surface area contributed by atoms with Gasteiger partial charge in [0.1, 0.15) is 11.6 Å². The number of carbonyl (C=O) groups excluding carboxylic acids is 1. The van der Waals surface area contributed by atoms with E-state index in [1.165, 1.54) is 26.2 Å². The van der Waals surface area contributed by atoms with Gasteiger partial charge in [-0.15, -0.1) is 0 Å². The van der Waals surface area contributed by atoms with Gasteiger partial charge in [0.05, 0.1) is 11.5 Å². The minimum absolute atomic E-state index is 0.0645. The summed E-state index contributed by atoms with van der Waals surface area (Å²) >= 11 is 0. The van der Waals surface area contributed by atoms with Crippen molar-refractivity contribution in [1.82, 2.24) is 4.98 Å². The Bertz CT molecular complexity index is 574. The van der Waals surface area contributed by atoms with Crippen LogP contribution in [0.2, 0.25) is 0 Å². The van der Waals surface area contributed by atoms with Crippen molar-refractivity contribution in [3.8, 4) is 0 Å². The second-order valence-electron chi connectivity index (χ2n) is 4.13. The Morgan fingerprint density at radius 2 is 2.19 bits per heavy atom. The molecule has 1 aromatic heterocycles. The number of nitrogens with zero attached hydrogens (tertiary/aromatic N) is 3. The highest BCUT2D eigenvalue weighted by Crippen LogP contribution is 2.30. The molecule has 1 heterocycles. The van der Waals surface area contributed by atoms with Crippen molar-refractivity contribution < 1.29 is 24.4 Å². The quantitative estimate of drug-likeness (QED) is 0.470. The van der Waals surface area contributed by atoms with Crippen LogP contribution in [-0.4, -0.2) is 46.6 Å². The van der Waals surface area contributed by atoms with Crippen molar-refractivity contribution in [2.24, 2.45) is 0 Å². The molecule has 1 atom stereocenters. The van der Waals surface area contributed by atoms with Gasteiger partial charge in [0.15, 0.2) is 0 Å². The molecule has 0 aliphatic heterocycles. The summed E-state index contributed by atoms with van der Waals surface area (Å²) in [5.41, 5.74) is -0.845. The summed E-state index contributed by atoms with van der Waals surface area (Å²) in [4.78, 5) is 38.1. The number of carboxylic acid groups (broad SMARTS) is 1. The molecule has 0 bridgehead atoms. The molecule has 114 valence electrons. The number of carboxylic acids is 1. The summed E-state index contributed by atoms with van der Waals surface area (Å²) in [5, 5.41) is 20.2. The lowest BCUT2D eigenvalue weighted by Crippen LogP contribution is -2.37. The standard InChI is InChI=1S/C12H15N3O6/c1-4-21-12(18)8-5-6-13-10(9(8)15(19)20)14(3)7(2)11(16)17/h5-7H,4H2,1-3H3,(H,16,17). The average molecular weight is 297 g/mol. The molecule has 0 aliphatic rings. The molecule has 0 aromatic carbocycles. The van der Waals surface area contributed by atoms with Crippen LogP contribution in [0.3, 0.4) is 0 Å².